The van der Waals surface area contributed by atoms with Crippen molar-refractivity contribution in [1.29, 1.82) is 0 Å². The lowest BCUT2D eigenvalue weighted by Crippen LogP contribution is -2.28. The van der Waals surface area contributed by atoms with Crippen LogP contribution in [0.2, 0.25) is 0 Å². The van der Waals surface area contributed by atoms with Gasteiger partial charge < -0.3 is 5.32 Å². The maximum absolute atomic E-state index is 12.0. The molecule has 1 amide bonds. The van der Waals surface area contributed by atoms with E-state index in [0.717, 1.165) is 43.9 Å². The first-order valence-corrected chi connectivity index (χ1v) is 6.06. The minimum Gasteiger partial charge on any atom is -0.316 e. The maximum Gasteiger partial charge on any atom is 0.280 e. The number of carbonyl (C=O) groups is 1. The summed E-state index contributed by atoms with van der Waals surface area (Å²) in [5.41, 5.74) is 2.52. The third-order valence-corrected chi connectivity index (χ3v) is 3.07. The molecule has 1 fully saturated rings. The SMILES string of the molecule is CCn1ncc(C(=O)N=C2CCNCC2)c1C. The number of nitrogens with one attached hydrogen (secondary N) is 1. The summed E-state index contributed by atoms with van der Waals surface area (Å²) in [4.78, 5) is 16.2. The molecule has 5 nitrogen and oxygen atoms in total. The van der Waals surface area contributed by atoms with E-state index in [4.69, 9.17) is 0 Å². The highest BCUT2D eigenvalue weighted by Gasteiger charge is 2.14. The van der Waals surface area contributed by atoms with E-state index in [-0.39, 0.29) is 5.91 Å². The van der Waals surface area contributed by atoms with Crippen LogP contribution < -0.4 is 5.32 Å². The Morgan fingerprint density at radius 3 is 2.82 bits per heavy atom. The third kappa shape index (κ3) is 2.61. The van der Waals surface area contributed by atoms with Crippen LogP contribution in [-0.2, 0) is 6.54 Å². The van der Waals surface area contributed by atoms with Gasteiger partial charge in [0.05, 0.1) is 11.8 Å². The second-order valence-electron chi connectivity index (χ2n) is 4.19. The summed E-state index contributed by atoms with van der Waals surface area (Å²) in [6.07, 6.45) is 3.35. The summed E-state index contributed by atoms with van der Waals surface area (Å²) in [6.45, 7) is 6.53. The molecule has 92 valence electrons. The van der Waals surface area contributed by atoms with Gasteiger partial charge in [-0.1, -0.05) is 0 Å². The first kappa shape index (κ1) is 12.0. The van der Waals surface area contributed by atoms with Gasteiger partial charge in [0, 0.05) is 31.0 Å². The number of amides is 1. The van der Waals surface area contributed by atoms with Crippen molar-refractivity contribution in [2.75, 3.05) is 13.1 Å². The zero-order chi connectivity index (χ0) is 12.3. The first-order chi connectivity index (χ1) is 8.22. The Kier molecular flexibility index (Phi) is 3.68. The van der Waals surface area contributed by atoms with Gasteiger partial charge in [-0.05, 0) is 26.7 Å². The van der Waals surface area contributed by atoms with Gasteiger partial charge in [-0.2, -0.15) is 5.10 Å². The van der Waals surface area contributed by atoms with Crippen molar-refractivity contribution >= 4 is 11.6 Å². The molecule has 1 aliphatic rings. The van der Waals surface area contributed by atoms with Crippen molar-refractivity contribution in [2.24, 2.45) is 4.99 Å². The van der Waals surface area contributed by atoms with Gasteiger partial charge in [0.15, 0.2) is 0 Å². The Labute approximate surface area is 101 Å². The van der Waals surface area contributed by atoms with Gasteiger partial charge >= 0.3 is 0 Å². The molecule has 0 bridgehead atoms. The largest absolute Gasteiger partial charge is 0.316 e. The normalized spacial score (nSPS) is 16.0. The number of carbonyl (C=O) groups excluding carboxylic acids is 1. The summed E-state index contributed by atoms with van der Waals surface area (Å²) < 4.78 is 1.82. The average Bonchev–Trinajstić information content (AvgIpc) is 2.71. The second-order valence-corrected chi connectivity index (χ2v) is 4.19. The topological polar surface area (TPSA) is 59.3 Å². The fraction of sp³-hybridized carbons (Fsp3) is 0.583. The molecule has 1 saturated heterocycles. The zero-order valence-corrected chi connectivity index (χ0v) is 10.4. The van der Waals surface area contributed by atoms with Crippen LogP contribution in [-0.4, -0.2) is 34.5 Å². The van der Waals surface area contributed by atoms with Crippen LogP contribution in [0.25, 0.3) is 0 Å². The van der Waals surface area contributed by atoms with Crippen LogP contribution >= 0.6 is 0 Å². The molecular formula is C12H18N4O. The minimum atomic E-state index is -0.154. The monoisotopic (exact) mass is 234 g/mol. The number of rotatable bonds is 2. The van der Waals surface area contributed by atoms with E-state index in [1.165, 1.54) is 0 Å². The number of hydrogen-bond acceptors (Lipinski definition) is 3. The zero-order valence-electron chi connectivity index (χ0n) is 10.4. The van der Waals surface area contributed by atoms with E-state index in [1.54, 1.807) is 6.20 Å². The highest BCUT2D eigenvalue weighted by atomic mass is 16.1. The van der Waals surface area contributed by atoms with Gasteiger partial charge in [0.25, 0.3) is 5.91 Å². The van der Waals surface area contributed by atoms with Gasteiger partial charge in [0.1, 0.15) is 0 Å². The molecule has 2 heterocycles. The highest BCUT2D eigenvalue weighted by Crippen LogP contribution is 2.10. The molecule has 0 saturated carbocycles. The lowest BCUT2D eigenvalue weighted by molar-refractivity contribution is 0.100. The molecule has 17 heavy (non-hydrogen) atoms. The Morgan fingerprint density at radius 1 is 1.53 bits per heavy atom. The van der Waals surface area contributed by atoms with E-state index in [0.29, 0.717) is 5.56 Å². The fourth-order valence-electron chi connectivity index (χ4n) is 2.01. The second kappa shape index (κ2) is 5.23. The van der Waals surface area contributed by atoms with Crippen molar-refractivity contribution in [3.8, 4) is 0 Å². The molecule has 1 aromatic rings. The molecule has 5 heteroatoms. The molecule has 0 atom stereocenters. The quantitative estimate of drug-likeness (QED) is 0.835. The lowest BCUT2D eigenvalue weighted by Gasteiger charge is -2.13. The van der Waals surface area contributed by atoms with Crippen molar-refractivity contribution in [1.82, 2.24) is 15.1 Å². The predicted octanol–water partition coefficient (Wildman–Crippen LogP) is 1.18. The Hall–Kier alpha value is -1.49. The van der Waals surface area contributed by atoms with Crippen LogP contribution in [0, 0.1) is 6.92 Å². The number of aryl methyl sites for hydroxylation is 1. The predicted molar refractivity (Wildman–Crippen MR) is 66.5 cm³/mol. The van der Waals surface area contributed by atoms with E-state index >= 15 is 0 Å². The van der Waals surface area contributed by atoms with E-state index < -0.39 is 0 Å². The number of hydrogen-bond donors (Lipinski definition) is 1. The fourth-order valence-corrected chi connectivity index (χ4v) is 2.01. The third-order valence-electron chi connectivity index (χ3n) is 3.07. The highest BCUT2D eigenvalue weighted by molar-refractivity contribution is 6.04. The smallest absolute Gasteiger partial charge is 0.280 e. The molecule has 0 unspecified atom stereocenters. The molecule has 1 N–H and O–H groups in total. The van der Waals surface area contributed by atoms with Crippen LogP contribution in [0.3, 0.4) is 0 Å². The van der Waals surface area contributed by atoms with E-state index in [1.807, 2.05) is 18.5 Å². The number of aliphatic imine (C=N–C) groups is 1. The molecule has 2 rings (SSSR count). The van der Waals surface area contributed by atoms with Crippen molar-refractivity contribution in [3.63, 3.8) is 0 Å². The van der Waals surface area contributed by atoms with Gasteiger partial charge in [0.2, 0.25) is 0 Å². The minimum absolute atomic E-state index is 0.154. The molecular weight excluding hydrogens is 216 g/mol. The maximum atomic E-state index is 12.0. The molecule has 1 aliphatic heterocycles. The van der Waals surface area contributed by atoms with Crippen LogP contribution in [0.15, 0.2) is 11.2 Å². The van der Waals surface area contributed by atoms with Gasteiger partial charge in [-0.15, -0.1) is 0 Å². The van der Waals surface area contributed by atoms with E-state index in [2.05, 4.69) is 15.4 Å². The number of nitrogens with zero attached hydrogens (tertiary/aromatic N) is 3. The van der Waals surface area contributed by atoms with Gasteiger partial charge in [-0.3, -0.25) is 9.48 Å². The lowest BCUT2D eigenvalue weighted by atomic mass is 10.1. The number of piperidine rings is 1. The summed E-state index contributed by atoms with van der Waals surface area (Å²) in [6, 6.07) is 0. The van der Waals surface area contributed by atoms with Crippen LogP contribution in [0.4, 0.5) is 0 Å². The van der Waals surface area contributed by atoms with E-state index in [9.17, 15) is 4.79 Å². The van der Waals surface area contributed by atoms with Crippen LogP contribution in [0.5, 0.6) is 0 Å². The van der Waals surface area contributed by atoms with Crippen molar-refractivity contribution in [2.45, 2.75) is 33.2 Å². The van der Waals surface area contributed by atoms with Gasteiger partial charge in [-0.25, -0.2) is 4.99 Å². The first-order valence-electron chi connectivity index (χ1n) is 6.06. The summed E-state index contributed by atoms with van der Waals surface area (Å²) in [5.74, 6) is -0.154. The summed E-state index contributed by atoms with van der Waals surface area (Å²) in [5, 5.41) is 7.41. The standard InChI is InChI=1S/C12H18N4O/c1-3-16-9(2)11(8-14-16)12(17)15-10-4-6-13-7-5-10/h8,13H,3-7H2,1-2H3. The molecule has 0 aromatic carbocycles. The van der Waals surface area contributed by atoms with Crippen molar-refractivity contribution in [3.05, 3.63) is 17.5 Å². The Bertz CT molecular complexity index is 439. The van der Waals surface area contributed by atoms with Crippen LogP contribution in [0.1, 0.15) is 35.8 Å². The molecule has 0 aliphatic carbocycles. The summed E-state index contributed by atoms with van der Waals surface area (Å²) >= 11 is 0. The Balaban J connectivity index is 2.16. The molecule has 0 spiro atoms. The molecule has 0 radical (unpaired) electrons. The Morgan fingerprint density at radius 2 is 2.24 bits per heavy atom. The molecule has 1 aromatic heterocycles. The summed E-state index contributed by atoms with van der Waals surface area (Å²) in [7, 11) is 0. The van der Waals surface area contributed by atoms with Crippen molar-refractivity contribution < 1.29 is 4.79 Å². The average molecular weight is 234 g/mol. The number of aromatic nitrogens is 2.